The van der Waals surface area contributed by atoms with E-state index in [1.165, 1.54) is 29.2 Å². The third-order valence-electron chi connectivity index (χ3n) is 4.71. The molecular weight excluding hydrogens is 404 g/mol. The van der Waals surface area contributed by atoms with Gasteiger partial charge in [-0.3, -0.25) is 5.10 Å². The first-order valence-electron chi connectivity index (χ1n) is 9.39. The molecule has 0 radical (unpaired) electrons. The molecule has 1 N–H and O–H groups in total. The smallest absolute Gasteiger partial charge is 0.224 e. The third-order valence-corrected chi connectivity index (χ3v) is 4.71. The molecule has 0 saturated heterocycles. The number of hydrogen-bond acceptors (Lipinski definition) is 6. The summed E-state index contributed by atoms with van der Waals surface area (Å²) in [6.07, 6.45) is 0.841. The third kappa shape index (κ3) is 3.48. The van der Waals surface area contributed by atoms with Gasteiger partial charge in [0.25, 0.3) is 0 Å². The second-order valence-electron chi connectivity index (χ2n) is 6.78. The summed E-state index contributed by atoms with van der Waals surface area (Å²) in [7, 11) is 0. The van der Waals surface area contributed by atoms with E-state index in [9.17, 15) is 8.78 Å². The predicted molar refractivity (Wildman–Crippen MR) is 107 cm³/mol. The number of rotatable bonds is 5. The van der Waals surface area contributed by atoms with Crippen LogP contribution in [0.2, 0.25) is 0 Å². The standard InChI is InChI=1S/C21H15F2N7O/c1-12(19-24-11-25-28-19)31-21-15(13-5-4-6-14(22)9-13)10-17-20(26-21)30(29-27-17)18-8-3-2-7-16(18)23/h2-12H,1H3,(H,24,25,28). The summed E-state index contributed by atoms with van der Waals surface area (Å²) in [6.45, 7) is 1.77. The maximum absolute atomic E-state index is 14.4. The highest BCUT2D eigenvalue weighted by molar-refractivity contribution is 5.82. The highest BCUT2D eigenvalue weighted by atomic mass is 19.1. The number of nitrogens with zero attached hydrogens (tertiary/aromatic N) is 6. The van der Waals surface area contributed by atoms with Crippen LogP contribution in [0, 0.1) is 11.6 Å². The van der Waals surface area contributed by atoms with Crippen LogP contribution in [0.3, 0.4) is 0 Å². The second-order valence-corrected chi connectivity index (χ2v) is 6.78. The van der Waals surface area contributed by atoms with Gasteiger partial charge in [-0.1, -0.05) is 29.5 Å². The Bertz CT molecular complexity index is 1370. The lowest BCUT2D eigenvalue weighted by Crippen LogP contribution is -2.08. The monoisotopic (exact) mass is 419 g/mol. The van der Waals surface area contributed by atoms with E-state index in [1.807, 2.05) is 0 Å². The number of ether oxygens (including phenoxy) is 1. The normalized spacial score (nSPS) is 12.2. The first-order chi connectivity index (χ1) is 15.1. The lowest BCUT2D eigenvalue weighted by Gasteiger charge is -2.15. The van der Waals surface area contributed by atoms with Crippen LogP contribution in [-0.2, 0) is 0 Å². The maximum Gasteiger partial charge on any atom is 0.224 e. The Balaban J connectivity index is 1.69. The van der Waals surface area contributed by atoms with Gasteiger partial charge in [0.1, 0.15) is 29.2 Å². The van der Waals surface area contributed by atoms with Crippen molar-refractivity contribution in [2.45, 2.75) is 13.0 Å². The maximum atomic E-state index is 14.4. The molecule has 0 spiro atoms. The Hall–Kier alpha value is -4.21. The van der Waals surface area contributed by atoms with Gasteiger partial charge in [0, 0.05) is 5.56 Å². The minimum Gasteiger partial charge on any atom is -0.466 e. The largest absolute Gasteiger partial charge is 0.466 e. The Morgan fingerprint density at radius 3 is 2.71 bits per heavy atom. The lowest BCUT2D eigenvalue weighted by atomic mass is 10.1. The molecule has 8 nitrogen and oxygen atoms in total. The van der Waals surface area contributed by atoms with E-state index in [1.54, 1.807) is 43.3 Å². The summed E-state index contributed by atoms with van der Waals surface area (Å²) in [4.78, 5) is 8.67. The van der Waals surface area contributed by atoms with Crippen molar-refractivity contribution in [3.8, 4) is 22.7 Å². The van der Waals surface area contributed by atoms with Crippen LogP contribution in [0.4, 0.5) is 8.78 Å². The van der Waals surface area contributed by atoms with Crippen molar-refractivity contribution in [1.29, 1.82) is 0 Å². The number of nitrogens with one attached hydrogen (secondary N) is 1. The van der Waals surface area contributed by atoms with Crippen molar-refractivity contribution in [3.63, 3.8) is 0 Å². The van der Waals surface area contributed by atoms with Gasteiger partial charge < -0.3 is 4.74 Å². The molecule has 0 aliphatic carbocycles. The fraction of sp³-hybridized carbons (Fsp3) is 0.0952. The predicted octanol–water partition coefficient (Wildman–Crippen LogP) is 4.02. The van der Waals surface area contributed by atoms with Crippen LogP contribution < -0.4 is 4.74 Å². The Morgan fingerprint density at radius 1 is 1.06 bits per heavy atom. The molecule has 0 bridgehead atoms. The minimum atomic E-state index is -0.530. The summed E-state index contributed by atoms with van der Waals surface area (Å²) in [5, 5.41) is 14.8. The average molecular weight is 419 g/mol. The first kappa shape index (κ1) is 18.8. The zero-order valence-corrected chi connectivity index (χ0v) is 16.2. The molecule has 10 heteroatoms. The van der Waals surface area contributed by atoms with Gasteiger partial charge in [0.2, 0.25) is 5.88 Å². The topological polar surface area (TPSA) is 94.4 Å². The van der Waals surface area contributed by atoms with Gasteiger partial charge in [0.15, 0.2) is 17.6 Å². The van der Waals surface area contributed by atoms with Gasteiger partial charge in [-0.15, -0.1) is 5.10 Å². The van der Waals surface area contributed by atoms with Crippen LogP contribution in [0.1, 0.15) is 18.9 Å². The van der Waals surface area contributed by atoms with E-state index < -0.39 is 17.7 Å². The fourth-order valence-electron chi connectivity index (χ4n) is 3.21. The van der Waals surface area contributed by atoms with Crippen molar-refractivity contribution in [3.05, 3.63) is 78.4 Å². The molecule has 0 aliphatic heterocycles. The van der Waals surface area contributed by atoms with Gasteiger partial charge in [-0.25, -0.2) is 13.8 Å². The molecular formula is C21H15F2N7O. The SMILES string of the molecule is CC(Oc1nc2c(cc1-c1cccc(F)c1)nnn2-c1ccccc1F)c1ncn[nH]1. The van der Waals surface area contributed by atoms with Gasteiger partial charge in [-0.05, 0) is 42.8 Å². The molecule has 5 aromatic rings. The molecule has 0 aliphatic rings. The number of halogens is 2. The van der Waals surface area contributed by atoms with Crippen LogP contribution in [0.5, 0.6) is 5.88 Å². The van der Waals surface area contributed by atoms with Crippen molar-refractivity contribution in [1.82, 2.24) is 35.2 Å². The number of fused-ring (bicyclic) bond motifs is 1. The summed E-state index contributed by atoms with van der Waals surface area (Å²) >= 11 is 0. The van der Waals surface area contributed by atoms with Crippen molar-refractivity contribution in [2.75, 3.05) is 0 Å². The van der Waals surface area contributed by atoms with E-state index in [0.29, 0.717) is 28.1 Å². The lowest BCUT2D eigenvalue weighted by molar-refractivity contribution is 0.209. The Morgan fingerprint density at radius 2 is 1.94 bits per heavy atom. The number of pyridine rings is 1. The van der Waals surface area contributed by atoms with E-state index in [4.69, 9.17) is 4.74 Å². The van der Waals surface area contributed by atoms with Crippen molar-refractivity contribution < 1.29 is 13.5 Å². The highest BCUT2D eigenvalue weighted by Gasteiger charge is 2.20. The summed E-state index contributed by atoms with van der Waals surface area (Å²) < 4.78 is 35.6. The van der Waals surface area contributed by atoms with Crippen LogP contribution >= 0.6 is 0 Å². The molecule has 0 fully saturated rings. The number of aromatic nitrogens is 7. The Labute approximate surface area is 174 Å². The van der Waals surface area contributed by atoms with Crippen LogP contribution in [0.25, 0.3) is 28.0 Å². The number of H-pyrrole nitrogens is 1. The average Bonchev–Trinajstić information content (AvgIpc) is 3.44. The number of hydrogen-bond donors (Lipinski definition) is 1. The van der Waals surface area contributed by atoms with Crippen molar-refractivity contribution in [2.24, 2.45) is 0 Å². The second kappa shape index (κ2) is 7.56. The highest BCUT2D eigenvalue weighted by Crippen LogP contribution is 2.34. The fourth-order valence-corrected chi connectivity index (χ4v) is 3.21. The molecule has 1 unspecified atom stereocenters. The van der Waals surface area contributed by atoms with Gasteiger partial charge >= 0.3 is 0 Å². The summed E-state index contributed by atoms with van der Waals surface area (Å²) in [6, 6.07) is 13.9. The minimum absolute atomic E-state index is 0.196. The Kier molecular flexibility index (Phi) is 4.58. The zero-order chi connectivity index (χ0) is 21.4. The molecule has 0 saturated carbocycles. The molecule has 5 rings (SSSR count). The first-order valence-corrected chi connectivity index (χ1v) is 9.39. The van der Waals surface area contributed by atoms with Crippen molar-refractivity contribution >= 4 is 11.2 Å². The molecule has 154 valence electrons. The number of benzene rings is 2. The van der Waals surface area contributed by atoms with Gasteiger partial charge in [-0.2, -0.15) is 14.8 Å². The quantitative estimate of drug-likeness (QED) is 0.462. The van der Waals surface area contributed by atoms with E-state index >= 15 is 0 Å². The summed E-state index contributed by atoms with van der Waals surface area (Å²) in [5.74, 6) is -0.181. The van der Waals surface area contributed by atoms with Crippen LogP contribution in [-0.4, -0.2) is 35.2 Å². The molecule has 3 aromatic heterocycles. The molecule has 2 aromatic carbocycles. The van der Waals surface area contributed by atoms with Crippen LogP contribution in [0.15, 0.2) is 60.9 Å². The van der Waals surface area contributed by atoms with E-state index in [-0.39, 0.29) is 11.6 Å². The molecule has 0 amide bonds. The van der Waals surface area contributed by atoms with Gasteiger partial charge in [0.05, 0.1) is 0 Å². The molecule has 3 heterocycles. The summed E-state index contributed by atoms with van der Waals surface area (Å²) in [5.41, 5.74) is 1.96. The van der Waals surface area contributed by atoms with E-state index in [2.05, 4.69) is 30.5 Å². The molecule has 31 heavy (non-hydrogen) atoms. The van der Waals surface area contributed by atoms with E-state index in [0.717, 1.165) is 0 Å². The molecule has 1 atom stereocenters. The zero-order valence-electron chi connectivity index (χ0n) is 16.2. The number of aromatic amines is 1. The number of para-hydroxylation sites is 1.